The van der Waals surface area contributed by atoms with Gasteiger partial charge in [-0.2, -0.15) is 0 Å². The van der Waals surface area contributed by atoms with Crippen molar-refractivity contribution >= 4 is 5.78 Å². The first-order valence-corrected chi connectivity index (χ1v) is 9.68. The molecule has 0 radical (unpaired) electrons. The fraction of sp³-hybridized carbons (Fsp3) is 0.850. The second kappa shape index (κ2) is 11.0. The van der Waals surface area contributed by atoms with Gasteiger partial charge in [-0.3, -0.25) is 4.79 Å². The monoisotopic (exact) mass is 374 g/mol. The average Bonchev–Trinajstić information content (AvgIpc) is 2.80. The molecule has 0 unspecified atom stereocenters. The lowest BCUT2D eigenvalue weighted by Gasteiger charge is -2.14. The molecule has 26 heavy (non-hydrogen) atoms. The predicted molar refractivity (Wildman–Crippen MR) is 95.2 cm³/mol. The van der Waals surface area contributed by atoms with Gasteiger partial charge in [0, 0.05) is 44.4 Å². The van der Waals surface area contributed by atoms with E-state index in [1.54, 1.807) is 0 Å². The molecule has 0 bridgehead atoms. The van der Waals surface area contributed by atoms with Crippen molar-refractivity contribution in [2.45, 2.75) is 95.9 Å². The van der Waals surface area contributed by atoms with E-state index in [-0.39, 0.29) is 44.3 Å². The van der Waals surface area contributed by atoms with Crippen molar-refractivity contribution in [1.29, 1.82) is 0 Å². The zero-order chi connectivity index (χ0) is 19.6. The van der Waals surface area contributed by atoms with Crippen molar-refractivity contribution in [3.63, 3.8) is 0 Å². The van der Waals surface area contributed by atoms with Crippen LogP contribution >= 0.6 is 0 Å². The van der Waals surface area contributed by atoms with Crippen LogP contribution in [-0.4, -0.2) is 33.0 Å². The molecule has 0 aromatic rings. The number of ketones is 1. The summed E-state index contributed by atoms with van der Waals surface area (Å²) >= 11 is 0. The summed E-state index contributed by atoms with van der Waals surface area (Å²) in [4.78, 5) is 12.0. The summed E-state index contributed by atoms with van der Waals surface area (Å²) in [6, 6.07) is 0. The Morgan fingerprint density at radius 3 is 2.50 bits per heavy atom. The minimum absolute atomic E-state index is 0.0906. The zero-order valence-corrected chi connectivity index (χ0v) is 15.6. The van der Waals surface area contributed by atoms with Crippen LogP contribution in [0.5, 0.6) is 0 Å². The fourth-order valence-electron chi connectivity index (χ4n) is 3.40. The number of Topliss-reactive ketones (excluding diaryl/α,β-unsaturated/α-hetero) is 1. The van der Waals surface area contributed by atoms with E-state index in [2.05, 4.69) is 18.8 Å². The number of halogens is 2. The molecule has 0 aliphatic heterocycles. The molecule has 6 heteroatoms. The van der Waals surface area contributed by atoms with E-state index in [1.807, 2.05) is 0 Å². The number of carbonyl (C=O) groups is 1. The number of rotatable bonds is 11. The molecule has 0 saturated heterocycles. The van der Waals surface area contributed by atoms with E-state index in [1.165, 1.54) is 0 Å². The number of carbonyl (C=O) groups excluding carboxylic acids is 1. The standard InChI is InChI=1S/C20H32F2O4/c1-2-3-4-5-6-7-10-16-14-19(21,22)15-17(16)13-18(23)11-8-9-12-20(24,25)26/h16-17,24-26H,2-6,8-9,11-15H2,1H3/t16-,17-/m0/s1. The van der Waals surface area contributed by atoms with Crippen LogP contribution in [0, 0.1) is 23.7 Å². The van der Waals surface area contributed by atoms with Gasteiger partial charge in [-0.25, -0.2) is 8.78 Å². The van der Waals surface area contributed by atoms with Crippen LogP contribution in [-0.2, 0) is 4.79 Å². The zero-order valence-electron chi connectivity index (χ0n) is 15.6. The second-order valence-corrected chi connectivity index (χ2v) is 7.49. The first-order valence-electron chi connectivity index (χ1n) is 9.68. The van der Waals surface area contributed by atoms with Crippen LogP contribution < -0.4 is 0 Å². The molecule has 0 aromatic heterocycles. The second-order valence-electron chi connectivity index (χ2n) is 7.49. The van der Waals surface area contributed by atoms with Crippen molar-refractivity contribution in [2.24, 2.45) is 11.8 Å². The number of alkyl halides is 2. The molecular weight excluding hydrogens is 342 g/mol. The van der Waals surface area contributed by atoms with Gasteiger partial charge in [0.2, 0.25) is 5.92 Å². The number of unbranched alkanes of at least 4 members (excludes halogenated alkanes) is 5. The Morgan fingerprint density at radius 2 is 1.85 bits per heavy atom. The lowest BCUT2D eigenvalue weighted by Crippen LogP contribution is -2.26. The highest BCUT2D eigenvalue weighted by atomic mass is 19.3. The average molecular weight is 374 g/mol. The number of hydrogen-bond acceptors (Lipinski definition) is 4. The smallest absolute Gasteiger partial charge is 0.275 e. The summed E-state index contributed by atoms with van der Waals surface area (Å²) in [5.41, 5.74) is 0. The quantitative estimate of drug-likeness (QED) is 0.292. The summed E-state index contributed by atoms with van der Waals surface area (Å²) in [5, 5.41) is 26.3. The van der Waals surface area contributed by atoms with Gasteiger partial charge in [0.15, 0.2) is 0 Å². The molecule has 1 aliphatic carbocycles. The SMILES string of the molecule is CCCCCCC#C[C@H]1CC(F)(F)C[C@@H]1CC(=O)CCCCC(O)(O)O. The lowest BCUT2D eigenvalue weighted by atomic mass is 9.90. The Hall–Kier alpha value is -1.03. The van der Waals surface area contributed by atoms with Gasteiger partial charge in [-0.15, -0.1) is 5.92 Å². The maximum Gasteiger partial charge on any atom is 0.275 e. The van der Waals surface area contributed by atoms with Crippen molar-refractivity contribution in [1.82, 2.24) is 0 Å². The van der Waals surface area contributed by atoms with E-state index in [4.69, 9.17) is 15.3 Å². The Balaban J connectivity index is 2.41. The molecule has 1 rings (SSSR count). The molecule has 3 N–H and O–H groups in total. The first-order chi connectivity index (χ1) is 12.1. The van der Waals surface area contributed by atoms with Gasteiger partial charge >= 0.3 is 0 Å². The third-order valence-corrected chi connectivity index (χ3v) is 4.80. The largest absolute Gasteiger partial charge is 0.344 e. The van der Waals surface area contributed by atoms with E-state index >= 15 is 0 Å². The van der Waals surface area contributed by atoms with Gasteiger partial charge in [0.05, 0.1) is 0 Å². The minimum atomic E-state index is -2.75. The lowest BCUT2D eigenvalue weighted by molar-refractivity contribution is -0.315. The Morgan fingerprint density at radius 1 is 1.12 bits per heavy atom. The van der Waals surface area contributed by atoms with E-state index < -0.39 is 23.7 Å². The third kappa shape index (κ3) is 10.2. The Kier molecular flexibility index (Phi) is 9.70. The fourth-order valence-corrected chi connectivity index (χ4v) is 3.40. The molecule has 0 amide bonds. The summed E-state index contributed by atoms with van der Waals surface area (Å²) in [5.74, 6) is -0.422. The van der Waals surface area contributed by atoms with Gasteiger partial charge in [0.25, 0.3) is 5.97 Å². The summed E-state index contributed by atoms with van der Waals surface area (Å²) in [6.45, 7) is 2.13. The van der Waals surface area contributed by atoms with Crippen LogP contribution in [0.4, 0.5) is 8.78 Å². The van der Waals surface area contributed by atoms with Crippen LogP contribution in [0.15, 0.2) is 0 Å². The molecule has 2 atom stereocenters. The molecule has 0 heterocycles. The Bertz CT molecular complexity index is 488. The maximum absolute atomic E-state index is 13.7. The maximum atomic E-state index is 13.7. The molecular formula is C20H32F2O4. The van der Waals surface area contributed by atoms with E-state index in [0.29, 0.717) is 12.8 Å². The van der Waals surface area contributed by atoms with Crippen molar-refractivity contribution in [2.75, 3.05) is 0 Å². The predicted octanol–water partition coefficient (Wildman–Crippen LogP) is 3.77. The summed E-state index contributed by atoms with van der Waals surface area (Å²) < 4.78 is 27.5. The molecule has 1 saturated carbocycles. The minimum Gasteiger partial charge on any atom is -0.344 e. The normalized spacial score (nSPS) is 22.1. The van der Waals surface area contributed by atoms with Crippen LogP contribution in [0.3, 0.4) is 0 Å². The van der Waals surface area contributed by atoms with Gasteiger partial charge in [-0.05, 0) is 25.2 Å². The summed E-state index contributed by atoms with van der Waals surface area (Å²) in [6.07, 6.45) is 5.24. The molecule has 1 fully saturated rings. The molecule has 150 valence electrons. The molecule has 0 aromatic carbocycles. The summed E-state index contributed by atoms with van der Waals surface area (Å²) in [7, 11) is 0. The van der Waals surface area contributed by atoms with Crippen molar-refractivity contribution in [3.8, 4) is 11.8 Å². The van der Waals surface area contributed by atoms with Gasteiger partial charge in [-0.1, -0.05) is 32.1 Å². The van der Waals surface area contributed by atoms with Gasteiger partial charge < -0.3 is 15.3 Å². The van der Waals surface area contributed by atoms with Crippen molar-refractivity contribution in [3.05, 3.63) is 0 Å². The van der Waals surface area contributed by atoms with Gasteiger partial charge in [0.1, 0.15) is 5.78 Å². The third-order valence-electron chi connectivity index (χ3n) is 4.80. The van der Waals surface area contributed by atoms with Crippen LogP contribution in [0.2, 0.25) is 0 Å². The van der Waals surface area contributed by atoms with Crippen LogP contribution in [0.1, 0.15) is 84.0 Å². The van der Waals surface area contributed by atoms with Crippen molar-refractivity contribution < 1.29 is 28.9 Å². The Labute approximate surface area is 155 Å². The number of hydrogen-bond donors (Lipinski definition) is 3. The highest BCUT2D eigenvalue weighted by Gasteiger charge is 2.46. The topological polar surface area (TPSA) is 77.8 Å². The van der Waals surface area contributed by atoms with E-state index in [0.717, 1.165) is 25.7 Å². The highest BCUT2D eigenvalue weighted by Crippen LogP contribution is 2.44. The molecule has 4 nitrogen and oxygen atoms in total. The van der Waals surface area contributed by atoms with E-state index in [9.17, 15) is 13.6 Å². The molecule has 0 spiro atoms. The highest BCUT2D eigenvalue weighted by molar-refractivity contribution is 5.78. The first kappa shape index (κ1) is 23.0. The molecule has 1 aliphatic rings. The number of aliphatic hydroxyl groups is 3. The van der Waals surface area contributed by atoms with Crippen LogP contribution in [0.25, 0.3) is 0 Å².